The molecule has 2 atom stereocenters. The average Bonchev–Trinajstić information content (AvgIpc) is 3.57. The molecule has 0 bridgehead atoms. The number of nitrogens with zero attached hydrogens (tertiary/aromatic N) is 5. The minimum Gasteiger partial charge on any atom is -0.497 e. The van der Waals surface area contributed by atoms with Crippen molar-refractivity contribution in [2.75, 3.05) is 50.5 Å². The number of hydrogen-bond donors (Lipinski definition) is 3. The van der Waals surface area contributed by atoms with E-state index < -0.39 is 55.5 Å². The number of aliphatic imine (C=N–C) groups is 2. The van der Waals surface area contributed by atoms with E-state index in [1.54, 1.807) is 37.3 Å². The van der Waals surface area contributed by atoms with Crippen LogP contribution in [0.5, 0.6) is 11.5 Å². The summed E-state index contributed by atoms with van der Waals surface area (Å²) in [6, 6.07) is 9.46. The Hall–Kier alpha value is -6.57. The Labute approximate surface area is 320 Å². The number of ether oxygens (including phenoxy) is 7. The molecule has 2 heterocycles. The van der Waals surface area contributed by atoms with Crippen LogP contribution in [0.2, 0.25) is 0 Å². The van der Waals surface area contributed by atoms with Gasteiger partial charge in [-0.05, 0) is 48.9 Å². The van der Waals surface area contributed by atoms with Gasteiger partial charge in [-0.15, -0.1) is 0 Å². The maximum atomic E-state index is 16.6. The van der Waals surface area contributed by atoms with Crippen LogP contribution in [0.3, 0.4) is 0 Å². The third kappa shape index (κ3) is 12.2. The molecule has 1 aromatic heterocycles. The van der Waals surface area contributed by atoms with Gasteiger partial charge in [-0.1, -0.05) is 6.58 Å². The molecule has 18 nitrogen and oxygen atoms in total. The van der Waals surface area contributed by atoms with Crippen LogP contribution in [0.4, 0.5) is 30.0 Å². The van der Waals surface area contributed by atoms with E-state index in [-0.39, 0.29) is 54.5 Å². The molecule has 4 rings (SSSR count). The van der Waals surface area contributed by atoms with E-state index in [2.05, 4.69) is 37.3 Å². The summed E-state index contributed by atoms with van der Waals surface area (Å²) in [7, 11) is 1.38. The van der Waals surface area contributed by atoms with Crippen LogP contribution >= 0.6 is 0 Å². The van der Waals surface area contributed by atoms with E-state index in [0.29, 0.717) is 16.8 Å². The van der Waals surface area contributed by atoms with E-state index in [0.717, 1.165) is 0 Å². The number of methoxy groups -OCH3 is 1. The number of esters is 1. The first-order chi connectivity index (χ1) is 26.7. The molecule has 0 aliphatic carbocycles. The highest BCUT2D eigenvalue weighted by molar-refractivity contribution is 6.03. The summed E-state index contributed by atoms with van der Waals surface area (Å²) < 4.78 is 66.2. The van der Waals surface area contributed by atoms with E-state index in [1.807, 2.05) is 0 Å². The zero-order valence-corrected chi connectivity index (χ0v) is 31.2. The number of hydrogen-bond acceptors (Lipinski definition) is 16. The second-order valence-corrected chi connectivity index (χ2v) is 12.2. The first kappa shape index (κ1) is 42.2. The number of nitrogens with one attached hydrogen (secondary N) is 2. The summed E-state index contributed by atoms with van der Waals surface area (Å²) in [5.41, 5.74) is 10.5. The van der Waals surface area contributed by atoms with E-state index in [1.165, 1.54) is 57.4 Å². The minimum absolute atomic E-state index is 0.0190. The van der Waals surface area contributed by atoms with Gasteiger partial charge in [0.05, 0.1) is 7.11 Å². The summed E-state index contributed by atoms with van der Waals surface area (Å²) in [5, 5.41) is 4.53. The van der Waals surface area contributed by atoms with Crippen molar-refractivity contribution in [2.24, 2.45) is 15.7 Å². The Kier molecular flexibility index (Phi) is 14.8. The van der Waals surface area contributed by atoms with Crippen LogP contribution in [0.15, 0.2) is 77.0 Å². The summed E-state index contributed by atoms with van der Waals surface area (Å²) >= 11 is 0. The molecule has 2 aromatic carbocycles. The number of nitrogens with two attached hydrogens (primary N) is 1. The number of carbonyl (C=O) groups excluding carboxylic acids is 3. The number of alkyl halides is 1. The fourth-order valence-electron chi connectivity index (χ4n) is 4.74. The minimum atomic E-state index is -1.72. The Morgan fingerprint density at radius 1 is 1.07 bits per heavy atom. The fourth-order valence-corrected chi connectivity index (χ4v) is 4.74. The largest absolute Gasteiger partial charge is 0.510 e. The van der Waals surface area contributed by atoms with Gasteiger partial charge in [0, 0.05) is 56.0 Å². The first-order valence-electron chi connectivity index (χ1n) is 16.9. The predicted octanol–water partition coefficient (Wildman–Crippen LogP) is 4.72. The van der Waals surface area contributed by atoms with E-state index >= 15 is 4.39 Å². The lowest BCUT2D eigenvalue weighted by atomic mass is 10.0. The molecule has 3 aromatic rings. The third-order valence-corrected chi connectivity index (χ3v) is 7.14. The Bertz CT molecular complexity index is 1920. The normalized spacial score (nSPS) is 14.5. The van der Waals surface area contributed by atoms with E-state index in [4.69, 9.17) is 38.9 Å². The number of rotatable bonds is 18. The van der Waals surface area contributed by atoms with Crippen molar-refractivity contribution in [1.82, 2.24) is 15.4 Å². The van der Waals surface area contributed by atoms with Crippen molar-refractivity contribution in [1.29, 1.82) is 0 Å². The molecule has 0 fully saturated rings. The number of amidine groups is 2. The van der Waals surface area contributed by atoms with Gasteiger partial charge in [0.15, 0.2) is 11.6 Å². The van der Waals surface area contributed by atoms with Gasteiger partial charge in [-0.3, -0.25) is 15.0 Å². The maximum Gasteiger partial charge on any atom is 0.510 e. The Morgan fingerprint density at radius 3 is 2.43 bits per heavy atom. The van der Waals surface area contributed by atoms with Gasteiger partial charge in [0.25, 0.3) is 6.35 Å². The fraction of sp³-hybridized carbons (Fsp3) is 0.361. The number of anilines is 2. The molecule has 20 heteroatoms. The van der Waals surface area contributed by atoms with Crippen molar-refractivity contribution in [3.05, 3.63) is 84.0 Å². The van der Waals surface area contributed by atoms with Gasteiger partial charge in [0.1, 0.15) is 56.6 Å². The van der Waals surface area contributed by atoms with Gasteiger partial charge in [-0.2, -0.15) is 4.99 Å². The zero-order valence-electron chi connectivity index (χ0n) is 31.2. The maximum absolute atomic E-state index is 16.6. The SMILES string of the molecule is C=C(C)COC(=O)N=C(N)c1ccc(NC(C2=N[C@@H](OC(C)(C)OC(=O)OCCF)N(c3ncccn3)N2)c2cc(OC)cc(OCCOC(C)=O)c2F)cc1. The number of benzene rings is 2. The third-order valence-electron chi connectivity index (χ3n) is 7.14. The number of halogens is 2. The molecule has 1 aliphatic heterocycles. The summed E-state index contributed by atoms with van der Waals surface area (Å²) in [6.45, 7) is 7.60. The summed E-state index contributed by atoms with van der Waals surface area (Å²) in [4.78, 5) is 52.6. The van der Waals surface area contributed by atoms with Crippen LogP contribution in [0, 0.1) is 5.82 Å². The van der Waals surface area contributed by atoms with Crippen molar-refractivity contribution >= 4 is 41.5 Å². The lowest BCUT2D eigenvalue weighted by molar-refractivity contribution is -0.212. The van der Waals surface area contributed by atoms with Crippen molar-refractivity contribution in [3.63, 3.8) is 0 Å². The molecule has 0 spiro atoms. The molecule has 0 saturated carbocycles. The smallest absolute Gasteiger partial charge is 0.497 e. The highest BCUT2D eigenvalue weighted by atomic mass is 19.1. The van der Waals surface area contributed by atoms with Gasteiger partial charge in [-0.25, -0.2) is 38.3 Å². The van der Waals surface area contributed by atoms with Gasteiger partial charge < -0.3 is 39.5 Å². The molecule has 300 valence electrons. The second-order valence-electron chi connectivity index (χ2n) is 12.2. The molecule has 1 aliphatic rings. The van der Waals surface area contributed by atoms with Crippen molar-refractivity contribution in [2.45, 2.75) is 45.9 Å². The number of aromatic nitrogens is 2. The van der Waals surface area contributed by atoms with Crippen molar-refractivity contribution < 1.29 is 56.3 Å². The lowest BCUT2D eigenvalue weighted by Gasteiger charge is -2.30. The van der Waals surface area contributed by atoms with Crippen LogP contribution in [-0.2, 0) is 28.5 Å². The second kappa shape index (κ2) is 19.7. The number of amides is 1. The highest BCUT2D eigenvalue weighted by Crippen LogP contribution is 2.35. The molecule has 1 unspecified atom stereocenters. The molecule has 56 heavy (non-hydrogen) atoms. The van der Waals surface area contributed by atoms with Crippen LogP contribution in [0.1, 0.15) is 44.9 Å². The number of carbonyl (C=O) groups is 3. The monoisotopic (exact) mass is 784 g/mol. The molecule has 0 radical (unpaired) electrons. The number of hydrazine groups is 1. The zero-order chi connectivity index (χ0) is 40.8. The van der Waals surface area contributed by atoms with Crippen LogP contribution in [0.25, 0.3) is 0 Å². The Morgan fingerprint density at radius 2 is 1.79 bits per heavy atom. The van der Waals surface area contributed by atoms with Gasteiger partial charge in [0.2, 0.25) is 11.7 Å². The van der Waals surface area contributed by atoms with Crippen LogP contribution < -0.4 is 31.0 Å². The topological polar surface area (TPSA) is 220 Å². The summed E-state index contributed by atoms with van der Waals surface area (Å²) in [6.07, 6.45) is -0.517. The summed E-state index contributed by atoms with van der Waals surface area (Å²) in [5.74, 6) is -3.13. The van der Waals surface area contributed by atoms with Crippen molar-refractivity contribution in [3.8, 4) is 11.5 Å². The van der Waals surface area contributed by atoms with Crippen LogP contribution in [-0.4, -0.2) is 92.2 Å². The molecule has 0 saturated heterocycles. The quantitative estimate of drug-likeness (QED) is 0.0302. The first-order valence-corrected chi connectivity index (χ1v) is 16.9. The molecule has 1 amide bonds. The molecular formula is C36H42F2N8O10. The lowest BCUT2D eigenvalue weighted by Crippen LogP contribution is -2.48. The predicted molar refractivity (Wildman–Crippen MR) is 197 cm³/mol. The van der Waals surface area contributed by atoms with E-state index in [9.17, 15) is 18.8 Å². The standard InChI is InChI=1S/C36H42F2N8O10/c1-21(2)20-54-34(48)43-30(39)23-8-10-24(11-9-23)42-29(26-18-25(50-6)19-27(28(26)38)52-17-16-51-22(3)47)31-44-33(46(45-31)32-40-13-7-14-41-32)55-36(4,5)56-35(49)53-15-12-37/h7-11,13-14,18-19,29,33,42H,1,12,15-17,20H2,2-6H3,(H,44,45)(H2,39,43,48)/t29?,33-/m1/s1. The molecular weight excluding hydrogens is 742 g/mol. The Balaban J connectivity index is 1.76. The highest BCUT2D eigenvalue weighted by Gasteiger charge is 2.40. The van der Waals surface area contributed by atoms with Gasteiger partial charge >= 0.3 is 18.2 Å². The molecule has 4 N–H and O–H groups in total. The average molecular weight is 785 g/mol.